The summed E-state index contributed by atoms with van der Waals surface area (Å²) in [5, 5.41) is 2.84. The number of nitrogens with zero attached hydrogens (tertiary/aromatic N) is 1. The Morgan fingerprint density at radius 3 is 2.42 bits per heavy atom. The van der Waals surface area contributed by atoms with Gasteiger partial charge in [-0.3, -0.25) is 4.79 Å². The van der Waals surface area contributed by atoms with Crippen molar-refractivity contribution in [1.29, 1.82) is 0 Å². The van der Waals surface area contributed by atoms with E-state index in [1.807, 2.05) is 24.3 Å². The van der Waals surface area contributed by atoms with E-state index in [9.17, 15) is 9.18 Å². The molecule has 0 aliphatic carbocycles. The molecule has 0 spiro atoms. The fraction of sp³-hybridized carbons (Fsp3) is 0.316. The van der Waals surface area contributed by atoms with Gasteiger partial charge in [0.25, 0.3) is 0 Å². The number of nitrogens with one attached hydrogen (secondary N) is 1. The molecule has 0 saturated heterocycles. The van der Waals surface area contributed by atoms with Crippen LogP contribution in [0.1, 0.15) is 20.8 Å². The highest BCUT2D eigenvalue weighted by Crippen LogP contribution is 2.22. The van der Waals surface area contributed by atoms with E-state index in [2.05, 4.69) is 31.0 Å². The molecule has 0 atom stereocenters. The standard InChI is InChI=1S/C19H23FN2OS/c1-4-22(14(2)3)16-11-9-15(10-12-16)21-19(23)13-24-18-8-6-5-7-17(18)20/h5-12,14H,4,13H2,1-3H3,(H,21,23). The third kappa shape index (κ3) is 4.99. The first-order chi connectivity index (χ1) is 11.5. The second-order valence-electron chi connectivity index (χ2n) is 5.69. The summed E-state index contributed by atoms with van der Waals surface area (Å²) >= 11 is 1.19. The zero-order valence-corrected chi connectivity index (χ0v) is 15.1. The maximum absolute atomic E-state index is 13.5. The molecule has 0 aliphatic rings. The first kappa shape index (κ1) is 18.3. The molecule has 0 saturated carbocycles. The summed E-state index contributed by atoms with van der Waals surface area (Å²) in [6, 6.07) is 14.7. The van der Waals surface area contributed by atoms with Crippen LogP contribution in [0.4, 0.5) is 15.8 Å². The second kappa shape index (κ2) is 8.73. The minimum absolute atomic E-state index is 0.146. The van der Waals surface area contributed by atoms with Gasteiger partial charge in [-0.1, -0.05) is 12.1 Å². The number of thioether (sulfide) groups is 1. The number of benzene rings is 2. The topological polar surface area (TPSA) is 32.3 Å². The van der Waals surface area contributed by atoms with Crippen molar-refractivity contribution in [1.82, 2.24) is 0 Å². The van der Waals surface area contributed by atoms with Crippen LogP contribution in [0.2, 0.25) is 0 Å². The van der Waals surface area contributed by atoms with Crippen LogP contribution in [-0.4, -0.2) is 24.2 Å². The fourth-order valence-electron chi connectivity index (χ4n) is 2.48. The van der Waals surface area contributed by atoms with Crippen LogP contribution < -0.4 is 10.2 Å². The van der Waals surface area contributed by atoms with Gasteiger partial charge in [0.1, 0.15) is 5.82 Å². The summed E-state index contributed by atoms with van der Waals surface area (Å²) in [5.74, 6) is -0.268. The molecular weight excluding hydrogens is 323 g/mol. The number of hydrogen-bond donors (Lipinski definition) is 1. The molecular formula is C19H23FN2OS. The van der Waals surface area contributed by atoms with Gasteiger partial charge in [0.2, 0.25) is 5.91 Å². The molecule has 0 unspecified atom stereocenters. The number of anilines is 2. The van der Waals surface area contributed by atoms with Crippen LogP contribution >= 0.6 is 11.8 Å². The number of halogens is 1. The van der Waals surface area contributed by atoms with E-state index in [-0.39, 0.29) is 17.5 Å². The molecule has 3 nitrogen and oxygen atoms in total. The Hall–Kier alpha value is -2.01. The predicted molar refractivity (Wildman–Crippen MR) is 100 cm³/mol. The predicted octanol–water partition coefficient (Wildman–Crippen LogP) is 4.79. The number of rotatable bonds is 7. The van der Waals surface area contributed by atoms with E-state index in [0.717, 1.165) is 17.9 Å². The van der Waals surface area contributed by atoms with Gasteiger partial charge < -0.3 is 10.2 Å². The maximum Gasteiger partial charge on any atom is 0.234 e. The lowest BCUT2D eigenvalue weighted by atomic mass is 10.2. The minimum Gasteiger partial charge on any atom is -0.369 e. The van der Waals surface area contributed by atoms with Gasteiger partial charge >= 0.3 is 0 Å². The third-order valence-corrected chi connectivity index (χ3v) is 4.69. The van der Waals surface area contributed by atoms with Crippen molar-refractivity contribution in [2.24, 2.45) is 0 Å². The highest BCUT2D eigenvalue weighted by Gasteiger charge is 2.09. The molecule has 2 rings (SSSR count). The summed E-state index contributed by atoms with van der Waals surface area (Å²) in [4.78, 5) is 14.8. The van der Waals surface area contributed by atoms with Gasteiger partial charge in [-0.2, -0.15) is 0 Å². The zero-order valence-electron chi connectivity index (χ0n) is 14.3. The highest BCUT2D eigenvalue weighted by molar-refractivity contribution is 8.00. The molecule has 1 N–H and O–H groups in total. The third-order valence-electron chi connectivity index (χ3n) is 3.64. The molecule has 1 amide bonds. The van der Waals surface area contributed by atoms with Crippen molar-refractivity contribution in [2.75, 3.05) is 22.5 Å². The zero-order chi connectivity index (χ0) is 17.5. The fourth-order valence-corrected chi connectivity index (χ4v) is 3.22. The van der Waals surface area contributed by atoms with E-state index in [0.29, 0.717) is 10.9 Å². The average Bonchev–Trinajstić information content (AvgIpc) is 2.56. The van der Waals surface area contributed by atoms with Crippen LogP contribution in [0, 0.1) is 5.82 Å². The van der Waals surface area contributed by atoms with Gasteiger partial charge in [-0.15, -0.1) is 11.8 Å². The number of carbonyl (C=O) groups excluding carboxylic acids is 1. The number of amides is 1. The minimum atomic E-state index is -0.298. The number of hydrogen-bond acceptors (Lipinski definition) is 3. The van der Waals surface area contributed by atoms with Crippen molar-refractivity contribution >= 4 is 29.0 Å². The summed E-state index contributed by atoms with van der Waals surface area (Å²) in [7, 11) is 0. The Morgan fingerprint density at radius 2 is 1.83 bits per heavy atom. The van der Waals surface area contributed by atoms with Crippen LogP contribution in [0.5, 0.6) is 0 Å². The van der Waals surface area contributed by atoms with Crippen LogP contribution in [0.15, 0.2) is 53.4 Å². The van der Waals surface area contributed by atoms with E-state index < -0.39 is 0 Å². The van der Waals surface area contributed by atoms with Crippen molar-refractivity contribution < 1.29 is 9.18 Å². The molecule has 0 heterocycles. The summed E-state index contributed by atoms with van der Waals surface area (Å²) in [6.45, 7) is 7.36. The van der Waals surface area contributed by atoms with Crippen LogP contribution in [0.3, 0.4) is 0 Å². The van der Waals surface area contributed by atoms with Gasteiger partial charge in [0.15, 0.2) is 0 Å². The molecule has 5 heteroatoms. The lowest BCUT2D eigenvalue weighted by Gasteiger charge is -2.27. The largest absolute Gasteiger partial charge is 0.369 e. The maximum atomic E-state index is 13.5. The molecule has 0 bridgehead atoms. The Labute approximate surface area is 147 Å². The van der Waals surface area contributed by atoms with E-state index in [1.54, 1.807) is 18.2 Å². The Bertz CT molecular complexity index is 673. The molecule has 0 radical (unpaired) electrons. The van der Waals surface area contributed by atoms with Gasteiger partial charge in [0.05, 0.1) is 5.75 Å². The summed E-state index contributed by atoms with van der Waals surface area (Å²) < 4.78 is 13.5. The molecule has 2 aromatic rings. The van der Waals surface area contributed by atoms with Crippen molar-refractivity contribution in [3.8, 4) is 0 Å². The van der Waals surface area contributed by atoms with Crippen molar-refractivity contribution in [3.05, 3.63) is 54.3 Å². The normalized spacial score (nSPS) is 10.7. The number of carbonyl (C=O) groups is 1. The van der Waals surface area contributed by atoms with Gasteiger partial charge in [0, 0.05) is 28.9 Å². The van der Waals surface area contributed by atoms with Crippen LogP contribution in [0.25, 0.3) is 0 Å². The highest BCUT2D eigenvalue weighted by atomic mass is 32.2. The lowest BCUT2D eigenvalue weighted by Crippen LogP contribution is -2.30. The molecule has 0 aliphatic heterocycles. The molecule has 128 valence electrons. The molecule has 0 fully saturated rings. The Balaban J connectivity index is 1.91. The monoisotopic (exact) mass is 346 g/mol. The summed E-state index contributed by atoms with van der Waals surface area (Å²) in [6.07, 6.45) is 0. The van der Waals surface area contributed by atoms with E-state index in [1.165, 1.54) is 17.8 Å². The van der Waals surface area contributed by atoms with Crippen molar-refractivity contribution in [3.63, 3.8) is 0 Å². The van der Waals surface area contributed by atoms with Crippen LogP contribution in [-0.2, 0) is 4.79 Å². The second-order valence-corrected chi connectivity index (χ2v) is 6.71. The quantitative estimate of drug-likeness (QED) is 0.732. The smallest absolute Gasteiger partial charge is 0.234 e. The Morgan fingerprint density at radius 1 is 1.17 bits per heavy atom. The lowest BCUT2D eigenvalue weighted by molar-refractivity contribution is -0.113. The molecule has 2 aromatic carbocycles. The van der Waals surface area contributed by atoms with Gasteiger partial charge in [-0.25, -0.2) is 4.39 Å². The van der Waals surface area contributed by atoms with E-state index in [4.69, 9.17) is 0 Å². The SMILES string of the molecule is CCN(c1ccc(NC(=O)CSc2ccccc2F)cc1)C(C)C. The molecule has 24 heavy (non-hydrogen) atoms. The van der Waals surface area contributed by atoms with E-state index >= 15 is 0 Å². The van der Waals surface area contributed by atoms with Crippen molar-refractivity contribution in [2.45, 2.75) is 31.7 Å². The summed E-state index contributed by atoms with van der Waals surface area (Å²) in [5.41, 5.74) is 1.88. The first-order valence-electron chi connectivity index (χ1n) is 8.05. The Kier molecular flexibility index (Phi) is 6.67. The van der Waals surface area contributed by atoms with Gasteiger partial charge in [-0.05, 0) is 57.2 Å². The molecule has 0 aromatic heterocycles. The first-order valence-corrected chi connectivity index (χ1v) is 9.03. The average molecular weight is 346 g/mol.